The van der Waals surface area contributed by atoms with Gasteiger partial charge in [-0.15, -0.1) is 0 Å². The van der Waals surface area contributed by atoms with Gasteiger partial charge >= 0.3 is 0 Å². The topological polar surface area (TPSA) is 61.5 Å². The molecular weight excluding hydrogens is 182 g/mol. The highest BCUT2D eigenvalue weighted by Gasteiger charge is 2.29. The molecule has 0 spiro atoms. The normalized spacial score (nSPS) is 28.5. The van der Waals surface area contributed by atoms with Gasteiger partial charge in [0.05, 0.1) is 17.9 Å². The Balaban J connectivity index is 1.93. The van der Waals surface area contributed by atoms with Crippen LogP contribution in [0.25, 0.3) is 0 Å². The van der Waals surface area contributed by atoms with Crippen LogP contribution >= 0.6 is 0 Å². The first-order chi connectivity index (χ1) is 6.65. The van der Waals surface area contributed by atoms with Crippen LogP contribution in [0.2, 0.25) is 0 Å². The van der Waals surface area contributed by atoms with Crippen molar-refractivity contribution in [3.8, 4) is 0 Å². The third kappa shape index (κ3) is 1.95. The first kappa shape index (κ1) is 9.64. The second-order valence-electron chi connectivity index (χ2n) is 3.81. The maximum atomic E-state index is 9.33. The highest BCUT2D eigenvalue weighted by Crippen LogP contribution is 2.12. The van der Waals surface area contributed by atoms with Crippen molar-refractivity contribution < 1.29 is 10.2 Å². The minimum Gasteiger partial charge on any atom is -0.389 e. The fourth-order valence-electron chi connectivity index (χ4n) is 1.75. The van der Waals surface area contributed by atoms with E-state index in [1.807, 2.05) is 24.2 Å². The van der Waals surface area contributed by atoms with Crippen molar-refractivity contribution in [2.75, 3.05) is 13.1 Å². The summed E-state index contributed by atoms with van der Waals surface area (Å²) in [5, 5.41) is 22.9. The summed E-state index contributed by atoms with van der Waals surface area (Å²) in [6, 6.07) is 1.94. The Labute approximate surface area is 82.6 Å². The molecule has 1 fully saturated rings. The van der Waals surface area contributed by atoms with E-state index in [2.05, 4.69) is 5.10 Å². The van der Waals surface area contributed by atoms with Crippen molar-refractivity contribution in [1.29, 1.82) is 0 Å². The van der Waals surface area contributed by atoms with Crippen LogP contribution in [-0.2, 0) is 13.6 Å². The minimum absolute atomic E-state index is 0.526. The lowest BCUT2D eigenvalue weighted by Crippen LogP contribution is -2.22. The molecule has 1 aliphatic heterocycles. The van der Waals surface area contributed by atoms with Crippen molar-refractivity contribution in [3.63, 3.8) is 0 Å². The number of aliphatic hydroxyl groups excluding tert-OH is 2. The summed E-state index contributed by atoms with van der Waals surface area (Å²) in [6.07, 6.45) is 0.663. The summed E-state index contributed by atoms with van der Waals surface area (Å²) in [5.74, 6) is 0. The number of likely N-dealkylation sites (tertiary alicyclic amines) is 1. The Bertz CT molecular complexity index is 303. The second-order valence-corrected chi connectivity index (χ2v) is 3.81. The fraction of sp³-hybridized carbons (Fsp3) is 0.667. The molecule has 0 aromatic carbocycles. The van der Waals surface area contributed by atoms with Gasteiger partial charge in [0.2, 0.25) is 0 Å². The fourth-order valence-corrected chi connectivity index (χ4v) is 1.75. The number of hydrogen-bond acceptors (Lipinski definition) is 4. The van der Waals surface area contributed by atoms with Gasteiger partial charge in [-0.2, -0.15) is 5.10 Å². The van der Waals surface area contributed by atoms with E-state index in [4.69, 9.17) is 0 Å². The van der Waals surface area contributed by atoms with Crippen LogP contribution in [0.1, 0.15) is 5.69 Å². The van der Waals surface area contributed by atoms with E-state index < -0.39 is 12.2 Å². The highest BCUT2D eigenvalue weighted by molar-refractivity contribution is 4.99. The van der Waals surface area contributed by atoms with E-state index in [9.17, 15) is 10.2 Å². The standard InChI is InChI=1S/C9H15N3O2/c1-11-3-2-7(10-11)4-12-5-8(13)9(14)6-12/h2-3,8-9,13-14H,4-6H2,1H3. The Morgan fingerprint density at radius 2 is 2.07 bits per heavy atom. The molecule has 2 atom stereocenters. The molecule has 0 radical (unpaired) electrons. The van der Waals surface area contributed by atoms with Crippen LogP contribution < -0.4 is 0 Å². The predicted octanol–water partition coefficient (Wildman–Crippen LogP) is -1.04. The highest BCUT2D eigenvalue weighted by atomic mass is 16.3. The first-order valence-electron chi connectivity index (χ1n) is 4.72. The Morgan fingerprint density at radius 3 is 2.57 bits per heavy atom. The lowest BCUT2D eigenvalue weighted by molar-refractivity contribution is 0.0572. The van der Waals surface area contributed by atoms with E-state index in [-0.39, 0.29) is 0 Å². The van der Waals surface area contributed by atoms with Gasteiger partial charge in [0, 0.05) is 32.9 Å². The average molecular weight is 197 g/mol. The van der Waals surface area contributed by atoms with E-state index in [1.165, 1.54) is 0 Å². The average Bonchev–Trinajstić information content (AvgIpc) is 2.62. The quantitative estimate of drug-likeness (QED) is 0.635. The molecule has 1 saturated heterocycles. The number of aromatic nitrogens is 2. The van der Waals surface area contributed by atoms with Gasteiger partial charge in [0.15, 0.2) is 0 Å². The molecule has 1 aromatic heterocycles. The molecule has 14 heavy (non-hydrogen) atoms. The predicted molar refractivity (Wildman–Crippen MR) is 50.5 cm³/mol. The Hall–Kier alpha value is -0.910. The number of aryl methyl sites for hydroxylation is 1. The van der Waals surface area contributed by atoms with Gasteiger partial charge in [-0.05, 0) is 6.07 Å². The van der Waals surface area contributed by atoms with Gasteiger partial charge in [0.1, 0.15) is 0 Å². The zero-order chi connectivity index (χ0) is 10.1. The van der Waals surface area contributed by atoms with Gasteiger partial charge in [0.25, 0.3) is 0 Å². The minimum atomic E-state index is -0.612. The van der Waals surface area contributed by atoms with Crippen LogP contribution in [0, 0.1) is 0 Å². The lowest BCUT2D eigenvalue weighted by Gasteiger charge is -2.11. The van der Waals surface area contributed by atoms with Gasteiger partial charge < -0.3 is 10.2 Å². The van der Waals surface area contributed by atoms with Crippen molar-refractivity contribution in [3.05, 3.63) is 18.0 Å². The SMILES string of the molecule is Cn1ccc(CN2CC(O)C(O)C2)n1. The van der Waals surface area contributed by atoms with Crippen molar-refractivity contribution in [1.82, 2.24) is 14.7 Å². The Morgan fingerprint density at radius 1 is 1.43 bits per heavy atom. The van der Waals surface area contributed by atoms with Crippen molar-refractivity contribution in [2.45, 2.75) is 18.8 Å². The molecular formula is C9H15N3O2. The maximum Gasteiger partial charge on any atom is 0.0938 e. The van der Waals surface area contributed by atoms with E-state index in [0.717, 1.165) is 5.69 Å². The molecule has 1 aromatic rings. The van der Waals surface area contributed by atoms with E-state index in [0.29, 0.717) is 19.6 Å². The van der Waals surface area contributed by atoms with E-state index in [1.54, 1.807) is 4.68 Å². The largest absolute Gasteiger partial charge is 0.389 e. The summed E-state index contributed by atoms with van der Waals surface area (Å²) in [5.41, 5.74) is 0.966. The molecule has 5 heteroatoms. The summed E-state index contributed by atoms with van der Waals surface area (Å²) >= 11 is 0. The van der Waals surface area contributed by atoms with Crippen LogP contribution in [0.4, 0.5) is 0 Å². The monoisotopic (exact) mass is 197 g/mol. The summed E-state index contributed by atoms with van der Waals surface area (Å²) in [6.45, 7) is 1.74. The van der Waals surface area contributed by atoms with Gasteiger partial charge in [-0.1, -0.05) is 0 Å². The van der Waals surface area contributed by atoms with Crippen LogP contribution in [-0.4, -0.2) is 50.2 Å². The molecule has 2 N–H and O–H groups in total. The summed E-state index contributed by atoms with van der Waals surface area (Å²) < 4.78 is 1.75. The molecule has 2 heterocycles. The maximum absolute atomic E-state index is 9.33. The molecule has 2 unspecified atom stereocenters. The molecule has 5 nitrogen and oxygen atoms in total. The van der Waals surface area contributed by atoms with Crippen LogP contribution in [0.3, 0.4) is 0 Å². The molecule has 0 bridgehead atoms. The van der Waals surface area contributed by atoms with Crippen LogP contribution in [0.15, 0.2) is 12.3 Å². The third-order valence-electron chi connectivity index (χ3n) is 2.49. The zero-order valence-corrected chi connectivity index (χ0v) is 8.17. The molecule has 1 aliphatic rings. The van der Waals surface area contributed by atoms with Gasteiger partial charge in [-0.25, -0.2) is 0 Å². The third-order valence-corrected chi connectivity index (χ3v) is 2.49. The Kier molecular flexibility index (Phi) is 2.54. The second kappa shape index (κ2) is 3.68. The summed E-state index contributed by atoms with van der Waals surface area (Å²) in [7, 11) is 1.87. The molecule has 2 rings (SSSR count). The number of hydrogen-bond donors (Lipinski definition) is 2. The lowest BCUT2D eigenvalue weighted by atomic mass is 10.3. The molecule has 0 amide bonds. The summed E-state index contributed by atoms with van der Waals surface area (Å²) in [4.78, 5) is 2.00. The molecule has 78 valence electrons. The smallest absolute Gasteiger partial charge is 0.0938 e. The van der Waals surface area contributed by atoms with Crippen molar-refractivity contribution >= 4 is 0 Å². The number of rotatable bonds is 2. The van der Waals surface area contributed by atoms with Gasteiger partial charge in [-0.3, -0.25) is 9.58 Å². The first-order valence-corrected chi connectivity index (χ1v) is 4.72. The number of β-amino-alcohol motifs (C(OH)–C–C–N with tert-alkyl or cyclic N) is 2. The van der Waals surface area contributed by atoms with Crippen molar-refractivity contribution in [2.24, 2.45) is 7.05 Å². The number of aliphatic hydroxyl groups is 2. The number of nitrogens with zero attached hydrogens (tertiary/aromatic N) is 3. The van der Waals surface area contributed by atoms with Crippen LogP contribution in [0.5, 0.6) is 0 Å². The molecule has 0 aliphatic carbocycles. The van der Waals surface area contributed by atoms with E-state index >= 15 is 0 Å². The zero-order valence-electron chi connectivity index (χ0n) is 8.17. The molecule has 0 saturated carbocycles.